The van der Waals surface area contributed by atoms with E-state index >= 15 is 0 Å². The highest BCUT2D eigenvalue weighted by molar-refractivity contribution is 5.93. The minimum absolute atomic E-state index is 0.0926. The molecule has 174 valence electrons. The Morgan fingerprint density at radius 1 is 0.970 bits per heavy atom. The molecule has 2 atom stereocenters. The fourth-order valence-corrected chi connectivity index (χ4v) is 4.09. The van der Waals surface area contributed by atoms with Crippen molar-refractivity contribution in [2.75, 3.05) is 30.4 Å². The lowest BCUT2D eigenvalue weighted by Crippen LogP contribution is -2.52. The lowest BCUT2D eigenvalue weighted by atomic mass is 10.1. The highest BCUT2D eigenvalue weighted by Crippen LogP contribution is 2.31. The fraction of sp³-hybridized carbons (Fsp3) is 0.348. The number of carboxylic acids is 2. The number of amides is 1. The van der Waals surface area contributed by atoms with Crippen molar-refractivity contribution < 1.29 is 24.6 Å². The number of carbonyl (C=O) groups excluding carboxylic acids is 1. The van der Waals surface area contributed by atoms with Crippen molar-refractivity contribution >= 4 is 29.4 Å². The Bertz CT molecular complexity index is 1010. The van der Waals surface area contributed by atoms with Crippen molar-refractivity contribution in [1.29, 1.82) is 0 Å². The topological polar surface area (TPSA) is 136 Å². The Hall–Kier alpha value is -3.79. The van der Waals surface area contributed by atoms with Gasteiger partial charge in [-0.1, -0.05) is 18.2 Å². The Kier molecular flexibility index (Phi) is 7.73. The fourth-order valence-electron chi connectivity index (χ4n) is 4.09. The van der Waals surface area contributed by atoms with E-state index < -0.39 is 11.9 Å². The number of hydrogen-bond donors (Lipinski definition) is 3. The van der Waals surface area contributed by atoms with E-state index in [9.17, 15) is 14.4 Å². The zero-order valence-corrected chi connectivity index (χ0v) is 18.5. The molecule has 2 aromatic rings. The van der Waals surface area contributed by atoms with Gasteiger partial charge in [-0.25, -0.2) is 9.59 Å². The molecule has 3 N–H and O–H groups in total. The zero-order chi connectivity index (χ0) is 24.0. The molecule has 1 amide bonds. The number of aliphatic carboxylic acids is 2. The quantitative estimate of drug-likeness (QED) is 0.581. The summed E-state index contributed by atoms with van der Waals surface area (Å²) in [6.07, 6.45) is 3.66. The van der Waals surface area contributed by atoms with E-state index in [2.05, 4.69) is 32.4 Å². The second kappa shape index (κ2) is 10.7. The van der Waals surface area contributed by atoms with Crippen LogP contribution in [0.5, 0.6) is 0 Å². The number of para-hydroxylation sites is 1. The van der Waals surface area contributed by atoms with Gasteiger partial charge in [-0.05, 0) is 38.1 Å². The van der Waals surface area contributed by atoms with Crippen LogP contribution in [-0.4, -0.2) is 75.4 Å². The number of carboxylic acid groups (broad SMARTS) is 2. The molecule has 3 heterocycles. The van der Waals surface area contributed by atoms with Gasteiger partial charge in [-0.3, -0.25) is 9.69 Å². The minimum atomic E-state index is -1.26. The van der Waals surface area contributed by atoms with Crippen LogP contribution < -0.4 is 10.2 Å². The Morgan fingerprint density at radius 2 is 1.58 bits per heavy atom. The summed E-state index contributed by atoms with van der Waals surface area (Å²) in [7, 11) is 2.23. The maximum Gasteiger partial charge on any atom is 0.328 e. The van der Waals surface area contributed by atoms with E-state index in [1.807, 2.05) is 36.4 Å². The number of piperazine rings is 1. The van der Waals surface area contributed by atoms with Crippen molar-refractivity contribution in [3.63, 3.8) is 0 Å². The molecule has 0 spiro atoms. The maximum atomic E-state index is 11.4. The molecule has 2 fully saturated rings. The van der Waals surface area contributed by atoms with Gasteiger partial charge < -0.3 is 20.4 Å². The SMILES string of the molecule is CC(=O)Nc1ccccc1-c1ccc(N2CC3CCC(C2)N3C)nn1.O=C(O)/C=C/C(=O)O. The largest absolute Gasteiger partial charge is 0.478 e. The molecule has 1 aromatic carbocycles. The number of hydrogen-bond acceptors (Lipinski definition) is 7. The van der Waals surface area contributed by atoms with Crippen molar-refractivity contribution in [3.05, 3.63) is 48.6 Å². The number of carbonyl (C=O) groups is 3. The van der Waals surface area contributed by atoms with Gasteiger partial charge in [0.1, 0.15) is 0 Å². The Balaban J connectivity index is 0.000000331. The summed E-state index contributed by atoms with van der Waals surface area (Å²) in [6, 6.07) is 12.9. The predicted molar refractivity (Wildman–Crippen MR) is 123 cm³/mol. The third kappa shape index (κ3) is 6.36. The molecule has 2 aliphatic heterocycles. The number of nitrogens with one attached hydrogen (secondary N) is 1. The second-order valence-electron chi connectivity index (χ2n) is 7.97. The summed E-state index contributed by atoms with van der Waals surface area (Å²) in [4.78, 5) is 35.3. The average molecular weight is 453 g/mol. The molecule has 2 bridgehead atoms. The number of fused-ring (bicyclic) bond motifs is 2. The number of nitrogens with zero attached hydrogens (tertiary/aromatic N) is 4. The number of likely N-dealkylation sites (N-methyl/N-ethyl adjacent to an activating group) is 1. The summed E-state index contributed by atoms with van der Waals surface area (Å²) >= 11 is 0. The van der Waals surface area contributed by atoms with Crippen LogP contribution in [0.2, 0.25) is 0 Å². The first-order valence-electron chi connectivity index (χ1n) is 10.6. The standard InChI is InChI=1S/C19H23N5O.C4H4O4/c1-13(25)20-17-6-4-3-5-16(17)18-9-10-19(22-21-18)24-11-14-7-8-15(12-24)23(14)2;5-3(6)1-2-4(7)8/h3-6,9-10,14-15H,7-8,11-12H2,1-2H3,(H,20,25);1-2H,(H,5,6)(H,7,8)/b;2-1+. The summed E-state index contributed by atoms with van der Waals surface area (Å²) in [5, 5.41) is 27.4. The molecule has 0 radical (unpaired) electrons. The highest BCUT2D eigenvalue weighted by atomic mass is 16.4. The number of rotatable bonds is 5. The van der Waals surface area contributed by atoms with Gasteiger partial charge in [-0.2, -0.15) is 0 Å². The number of benzene rings is 1. The Morgan fingerprint density at radius 3 is 2.09 bits per heavy atom. The van der Waals surface area contributed by atoms with Crippen molar-refractivity contribution in [1.82, 2.24) is 15.1 Å². The summed E-state index contributed by atoms with van der Waals surface area (Å²) < 4.78 is 0. The monoisotopic (exact) mass is 453 g/mol. The molecular weight excluding hydrogens is 426 g/mol. The highest BCUT2D eigenvalue weighted by Gasteiger charge is 2.37. The lowest BCUT2D eigenvalue weighted by molar-refractivity contribution is -0.134. The van der Waals surface area contributed by atoms with Crippen LogP contribution in [0, 0.1) is 0 Å². The first-order valence-corrected chi connectivity index (χ1v) is 10.6. The molecule has 2 saturated heterocycles. The summed E-state index contributed by atoms with van der Waals surface area (Å²) in [5.41, 5.74) is 2.41. The molecular formula is C23H27N5O5. The van der Waals surface area contributed by atoms with Crippen LogP contribution >= 0.6 is 0 Å². The molecule has 1 aromatic heterocycles. The smallest absolute Gasteiger partial charge is 0.328 e. The van der Waals surface area contributed by atoms with Gasteiger partial charge in [0.25, 0.3) is 0 Å². The van der Waals surface area contributed by atoms with Crippen LogP contribution in [0.15, 0.2) is 48.6 Å². The zero-order valence-electron chi connectivity index (χ0n) is 18.5. The van der Waals surface area contributed by atoms with Crippen LogP contribution in [-0.2, 0) is 14.4 Å². The van der Waals surface area contributed by atoms with Crippen LogP contribution in [0.4, 0.5) is 11.5 Å². The van der Waals surface area contributed by atoms with Gasteiger partial charge in [-0.15, -0.1) is 10.2 Å². The van der Waals surface area contributed by atoms with Gasteiger partial charge in [0.2, 0.25) is 5.91 Å². The molecule has 0 saturated carbocycles. The third-order valence-corrected chi connectivity index (χ3v) is 5.70. The first-order chi connectivity index (χ1) is 15.7. The molecule has 0 aliphatic carbocycles. The van der Waals surface area contributed by atoms with Crippen LogP contribution in [0.3, 0.4) is 0 Å². The minimum Gasteiger partial charge on any atom is -0.478 e. The van der Waals surface area contributed by atoms with E-state index in [0.29, 0.717) is 24.2 Å². The molecule has 4 rings (SSSR count). The van der Waals surface area contributed by atoms with Crippen molar-refractivity contribution in [2.24, 2.45) is 0 Å². The summed E-state index contributed by atoms with van der Waals surface area (Å²) in [5.74, 6) is -1.67. The van der Waals surface area contributed by atoms with E-state index in [0.717, 1.165) is 35.9 Å². The van der Waals surface area contributed by atoms with Crippen molar-refractivity contribution in [3.8, 4) is 11.3 Å². The van der Waals surface area contributed by atoms with E-state index in [4.69, 9.17) is 10.2 Å². The van der Waals surface area contributed by atoms with Crippen LogP contribution in [0.25, 0.3) is 11.3 Å². The van der Waals surface area contributed by atoms with E-state index in [1.165, 1.54) is 19.8 Å². The second-order valence-corrected chi connectivity index (χ2v) is 7.97. The summed E-state index contributed by atoms with van der Waals surface area (Å²) in [6.45, 7) is 3.54. The Labute approximate surface area is 191 Å². The molecule has 10 nitrogen and oxygen atoms in total. The van der Waals surface area contributed by atoms with Gasteiger partial charge in [0, 0.05) is 49.8 Å². The molecule has 10 heteroatoms. The van der Waals surface area contributed by atoms with Gasteiger partial charge in [0.05, 0.1) is 11.4 Å². The normalized spacial score (nSPS) is 19.6. The average Bonchev–Trinajstić information content (AvgIpc) is 2.98. The van der Waals surface area contributed by atoms with E-state index in [1.54, 1.807) is 0 Å². The van der Waals surface area contributed by atoms with Gasteiger partial charge in [0.15, 0.2) is 5.82 Å². The number of aromatic nitrogens is 2. The predicted octanol–water partition coefficient (Wildman–Crippen LogP) is 2.10. The van der Waals surface area contributed by atoms with Gasteiger partial charge >= 0.3 is 11.9 Å². The third-order valence-electron chi connectivity index (χ3n) is 5.70. The maximum absolute atomic E-state index is 11.4. The number of anilines is 2. The molecule has 33 heavy (non-hydrogen) atoms. The first kappa shape index (κ1) is 23.9. The molecule has 2 aliphatic rings. The molecule has 2 unspecified atom stereocenters. The van der Waals surface area contributed by atoms with Crippen LogP contribution in [0.1, 0.15) is 19.8 Å². The lowest BCUT2D eigenvalue weighted by Gasteiger charge is -2.39. The van der Waals surface area contributed by atoms with Crippen molar-refractivity contribution in [2.45, 2.75) is 31.8 Å². The van der Waals surface area contributed by atoms with E-state index in [-0.39, 0.29) is 5.91 Å².